The Balaban J connectivity index is 1.27. The number of carbonyl (C=O) groups is 1. The maximum Gasteiger partial charge on any atom is 0.250 e. The molecule has 3 aliphatic rings. The number of aliphatic hydroxyl groups excluding tert-OH is 1. The van der Waals surface area contributed by atoms with Gasteiger partial charge < -0.3 is 24.8 Å². The summed E-state index contributed by atoms with van der Waals surface area (Å²) in [7, 11) is 0. The van der Waals surface area contributed by atoms with E-state index in [1.807, 2.05) is 48.5 Å². The fraction of sp³-hybridized carbons (Fsp3) is 0.382. The standard InChI is InChI=1S/C34H36ClN5O3S/c35-24-14-12-22(13-15-24)30-32(23-8-2-1-3-9-23)44-34(37-30)40-27-20-39-26(10-6-11-28(39)42)31(40)29(25(27)21-41)33(43)36-16-7-19-38-17-4-5-18-38/h1-3,6,8-15,25,27,29,31,41H,4-5,7,16-21H2,(H,36,43)/t25-,27-,29+,31+/m1/s1. The van der Waals surface area contributed by atoms with Crippen LogP contribution in [0.5, 0.6) is 0 Å². The molecule has 8 nitrogen and oxygen atoms in total. The minimum atomic E-state index is -0.532. The summed E-state index contributed by atoms with van der Waals surface area (Å²) in [6, 6.07) is 22.4. The zero-order chi connectivity index (χ0) is 30.2. The van der Waals surface area contributed by atoms with Crippen LogP contribution in [-0.2, 0) is 11.3 Å². The number of thiazole rings is 1. The van der Waals surface area contributed by atoms with Crippen molar-refractivity contribution >= 4 is 34.0 Å². The zero-order valence-corrected chi connectivity index (χ0v) is 26.0. The number of hydrogen-bond acceptors (Lipinski definition) is 7. The topological polar surface area (TPSA) is 90.7 Å². The molecule has 0 radical (unpaired) electrons. The quantitative estimate of drug-likeness (QED) is 0.252. The Morgan fingerprint density at radius 2 is 1.77 bits per heavy atom. The normalized spacial score (nSPS) is 22.7. The second kappa shape index (κ2) is 12.5. The van der Waals surface area contributed by atoms with Gasteiger partial charge in [0.15, 0.2) is 5.13 Å². The highest BCUT2D eigenvalue weighted by Crippen LogP contribution is 2.53. The predicted octanol–water partition coefficient (Wildman–Crippen LogP) is 5.06. The van der Waals surface area contributed by atoms with Crippen molar-refractivity contribution in [3.8, 4) is 21.7 Å². The van der Waals surface area contributed by atoms with Gasteiger partial charge in [-0.25, -0.2) is 4.98 Å². The zero-order valence-electron chi connectivity index (χ0n) is 24.4. The smallest absolute Gasteiger partial charge is 0.250 e. The summed E-state index contributed by atoms with van der Waals surface area (Å²) in [6.07, 6.45) is 3.37. The molecule has 7 rings (SSSR count). The number of aliphatic hydroxyl groups is 1. The lowest BCUT2D eigenvalue weighted by Gasteiger charge is -2.38. The Labute approximate surface area is 265 Å². The van der Waals surface area contributed by atoms with Crippen molar-refractivity contribution in [3.05, 3.63) is 93.9 Å². The monoisotopic (exact) mass is 629 g/mol. The van der Waals surface area contributed by atoms with E-state index < -0.39 is 12.0 Å². The van der Waals surface area contributed by atoms with Crippen LogP contribution in [0.3, 0.4) is 0 Å². The number of benzene rings is 2. The molecule has 228 valence electrons. The molecular weight excluding hydrogens is 594 g/mol. The van der Waals surface area contributed by atoms with E-state index in [4.69, 9.17) is 16.6 Å². The van der Waals surface area contributed by atoms with Gasteiger partial charge in [-0.3, -0.25) is 9.59 Å². The molecule has 2 fully saturated rings. The number of likely N-dealkylation sites (tertiary alicyclic amines) is 1. The molecule has 44 heavy (non-hydrogen) atoms. The van der Waals surface area contributed by atoms with E-state index in [0.29, 0.717) is 18.1 Å². The lowest BCUT2D eigenvalue weighted by Crippen LogP contribution is -2.46. The van der Waals surface area contributed by atoms with Crippen LogP contribution in [0.4, 0.5) is 5.13 Å². The van der Waals surface area contributed by atoms with Gasteiger partial charge >= 0.3 is 0 Å². The molecule has 10 heteroatoms. The van der Waals surface area contributed by atoms with Gasteiger partial charge in [0.25, 0.3) is 5.56 Å². The van der Waals surface area contributed by atoms with Crippen molar-refractivity contribution in [1.82, 2.24) is 19.8 Å². The fourth-order valence-corrected chi connectivity index (χ4v) is 8.58. The first-order valence-corrected chi connectivity index (χ1v) is 16.6. The van der Waals surface area contributed by atoms with Crippen LogP contribution in [0.15, 0.2) is 77.6 Å². The molecule has 0 spiro atoms. The molecule has 2 bridgehead atoms. The maximum absolute atomic E-state index is 14.0. The van der Waals surface area contributed by atoms with Crippen molar-refractivity contribution in [2.45, 2.75) is 37.9 Å². The molecule has 0 aliphatic carbocycles. The van der Waals surface area contributed by atoms with Crippen LogP contribution in [0, 0.1) is 11.8 Å². The third-order valence-corrected chi connectivity index (χ3v) is 10.7. The van der Waals surface area contributed by atoms with E-state index in [9.17, 15) is 14.7 Å². The maximum atomic E-state index is 14.0. The summed E-state index contributed by atoms with van der Waals surface area (Å²) in [6.45, 7) is 4.03. The molecular formula is C34H36ClN5O3S. The van der Waals surface area contributed by atoms with E-state index >= 15 is 0 Å². The number of nitrogens with one attached hydrogen (secondary N) is 1. The molecule has 2 saturated heterocycles. The number of aromatic nitrogens is 2. The summed E-state index contributed by atoms with van der Waals surface area (Å²) in [5, 5.41) is 15.4. The van der Waals surface area contributed by atoms with E-state index in [1.165, 1.54) is 12.8 Å². The van der Waals surface area contributed by atoms with Gasteiger partial charge in [-0.1, -0.05) is 71.5 Å². The number of carbonyl (C=O) groups excluding carboxylic acids is 1. The average molecular weight is 630 g/mol. The first-order valence-electron chi connectivity index (χ1n) is 15.4. The fourth-order valence-electron chi connectivity index (χ4n) is 7.27. The molecule has 5 heterocycles. The minimum absolute atomic E-state index is 0.0783. The van der Waals surface area contributed by atoms with Crippen molar-refractivity contribution in [2.24, 2.45) is 11.8 Å². The van der Waals surface area contributed by atoms with Crippen LogP contribution in [0.25, 0.3) is 21.7 Å². The van der Waals surface area contributed by atoms with Crippen LogP contribution in [0.1, 0.15) is 31.0 Å². The Morgan fingerprint density at radius 3 is 2.52 bits per heavy atom. The number of amides is 1. The van der Waals surface area contributed by atoms with Gasteiger partial charge in [0.05, 0.1) is 28.6 Å². The molecule has 4 atom stereocenters. The number of rotatable bonds is 9. The molecule has 2 aromatic carbocycles. The third kappa shape index (κ3) is 5.36. The molecule has 2 N–H and O–H groups in total. The molecule has 0 saturated carbocycles. The Hall–Kier alpha value is -3.50. The van der Waals surface area contributed by atoms with Crippen molar-refractivity contribution in [2.75, 3.05) is 37.7 Å². The molecule has 4 aromatic rings. The van der Waals surface area contributed by atoms with Crippen LogP contribution < -0.4 is 15.8 Å². The van der Waals surface area contributed by atoms with Gasteiger partial charge in [0.1, 0.15) is 0 Å². The van der Waals surface area contributed by atoms with Crippen molar-refractivity contribution in [3.63, 3.8) is 0 Å². The molecule has 0 unspecified atom stereocenters. The first kappa shape index (κ1) is 29.2. The summed E-state index contributed by atoms with van der Waals surface area (Å²) in [5.74, 6) is -0.971. The summed E-state index contributed by atoms with van der Waals surface area (Å²) in [4.78, 5) is 37.9. The van der Waals surface area contributed by atoms with E-state index in [-0.39, 0.29) is 30.0 Å². The number of hydrogen-bond donors (Lipinski definition) is 2. The second-order valence-corrected chi connectivity index (χ2v) is 13.3. The summed E-state index contributed by atoms with van der Waals surface area (Å²) >= 11 is 7.81. The van der Waals surface area contributed by atoms with Crippen LogP contribution in [0.2, 0.25) is 5.02 Å². The minimum Gasteiger partial charge on any atom is -0.396 e. The Bertz CT molecular complexity index is 1690. The van der Waals surface area contributed by atoms with Gasteiger partial charge in [-0.05, 0) is 62.7 Å². The second-order valence-electron chi connectivity index (χ2n) is 11.9. The highest BCUT2D eigenvalue weighted by atomic mass is 35.5. The highest BCUT2D eigenvalue weighted by molar-refractivity contribution is 7.19. The SMILES string of the molecule is O=C(NCCCN1CCCC1)[C@H]1[C@H](CO)[C@H]2Cn3c(cccc3=O)[C@@H]1N2c1nc(-c2ccc(Cl)cc2)c(-c2ccccc2)s1. The van der Waals surface area contributed by atoms with Gasteiger partial charge in [-0.2, -0.15) is 0 Å². The van der Waals surface area contributed by atoms with Gasteiger partial charge in [0, 0.05) is 48.0 Å². The highest BCUT2D eigenvalue weighted by Gasteiger charge is 2.56. The Morgan fingerprint density at radius 1 is 1.00 bits per heavy atom. The number of nitrogens with zero attached hydrogens (tertiary/aromatic N) is 4. The average Bonchev–Trinajstić information content (AvgIpc) is 3.77. The summed E-state index contributed by atoms with van der Waals surface area (Å²) in [5.41, 5.74) is 3.53. The van der Waals surface area contributed by atoms with Crippen molar-refractivity contribution in [1.29, 1.82) is 0 Å². The number of pyridine rings is 1. The molecule has 2 aromatic heterocycles. The van der Waals surface area contributed by atoms with E-state index in [0.717, 1.165) is 58.6 Å². The predicted molar refractivity (Wildman–Crippen MR) is 175 cm³/mol. The van der Waals surface area contributed by atoms with Gasteiger partial charge in [0.2, 0.25) is 5.91 Å². The number of anilines is 1. The number of halogens is 1. The molecule has 1 amide bonds. The van der Waals surface area contributed by atoms with Crippen molar-refractivity contribution < 1.29 is 9.90 Å². The van der Waals surface area contributed by atoms with E-state index in [2.05, 4.69) is 27.2 Å². The molecule has 3 aliphatic heterocycles. The first-order chi connectivity index (χ1) is 21.5. The summed E-state index contributed by atoms with van der Waals surface area (Å²) < 4.78 is 1.78. The largest absolute Gasteiger partial charge is 0.396 e. The van der Waals surface area contributed by atoms with Gasteiger partial charge in [-0.15, -0.1) is 0 Å². The van der Waals surface area contributed by atoms with Crippen LogP contribution >= 0.6 is 22.9 Å². The van der Waals surface area contributed by atoms with E-state index in [1.54, 1.807) is 28.0 Å². The Kier molecular flexibility index (Phi) is 8.29. The third-order valence-electron chi connectivity index (χ3n) is 9.36. The lowest BCUT2D eigenvalue weighted by atomic mass is 9.86. The lowest BCUT2D eigenvalue weighted by molar-refractivity contribution is -0.127. The van der Waals surface area contributed by atoms with Crippen LogP contribution in [-0.4, -0.2) is 64.3 Å². The number of fused-ring (bicyclic) bond motifs is 4.